The molecule has 4 nitrogen and oxygen atoms in total. The fraction of sp³-hybridized carbons (Fsp3) is 0.143. The molecule has 2 heterocycles. The van der Waals surface area contributed by atoms with Gasteiger partial charge in [-0.3, -0.25) is 9.20 Å². The third-order valence-corrected chi connectivity index (χ3v) is 2.50. The molecule has 2 aromatic rings. The summed E-state index contributed by atoms with van der Waals surface area (Å²) < 4.78 is 1.94. The van der Waals surface area contributed by atoms with E-state index in [1.807, 2.05) is 16.0 Å². The first-order valence-electron chi connectivity index (χ1n) is 3.48. The number of amides is 1. The monoisotopic (exact) mass is 181 g/mol. The van der Waals surface area contributed by atoms with E-state index < -0.39 is 0 Å². The van der Waals surface area contributed by atoms with Crippen molar-refractivity contribution in [3.05, 3.63) is 23.6 Å². The molecular weight excluding hydrogens is 174 g/mol. The lowest BCUT2D eigenvalue weighted by Crippen LogP contribution is -2.09. The second-order valence-electron chi connectivity index (χ2n) is 2.31. The molecule has 0 spiro atoms. The Morgan fingerprint density at radius 1 is 1.75 bits per heavy atom. The standard InChI is InChI=1S/C7H7N3OS/c11-5-8-3-6-7-10(4-9-6)1-2-12-7/h1-2,4-5H,3H2,(H,8,11). The van der Waals surface area contributed by atoms with Crippen LogP contribution in [0.5, 0.6) is 0 Å². The Morgan fingerprint density at radius 2 is 2.67 bits per heavy atom. The Morgan fingerprint density at radius 3 is 3.50 bits per heavy atom. The van der Waals surface area contributed by atoms with E-state index in [0.29, 0.717) is 13.0 Å². The van der Waals surface area contributed by atoms with Crippen LogP contribution in [0.2, 0.25) is 0 Å². The molecule has 12 heavy (non-hydrogen) atoms. The van der Waals surface area contributed by atoms with Gasteiger partial charge in [-0.1, -0.05) is 0 Å². The van der Waals surface area contributed by atoms with Crippen LogP contribution in [-0.2, 0) is 11.3 Å². The molecule has 1 N–H and O–H groups in total. The third-order valence-electron chi connectivity index (χ3n) is 1.57. The van der Waals surface area contributed by atoms with Crippen LogP contribution in [0, 0.1) is 0 Å². The summed E-state index contributed by atoms with van der Waals surface area (Å²) in [6.07, 6.45) is 4.36. The Labute approximate surface area is 72.9 Å². The second-order valence-corrected chi connectivity index (χ2v) is 3.20. The van der Waals surface area contributed by atoms with Crippen LogP contribution in [0.3, 0.4) is 0 Å². The lowest BCUT2D eigenvalue weighted by Gasteiger charge is -1.91. The zero-order chi connectivity index (χ0) is 8.39. The molecule has 0 bridgehead atoms. The number of fused-ring (bicyclic) bond motifs is 1. The van der Waals surface area contributed by atoms with Crippen molar-refractivity contribution < 1.29 is 4.79 Å². The van der Waals surface area contributed by atoms with Gasteiger partial charge >= 0.3 is 0 Å². The highest BCUT2D eigenvalue weighted by atomic mass is 32.1. The summed E-state index contributed by atoms with van der Waals surface area (Å²) in [6.45, 7) is 0.501. The van der Waals surface area contributed by atoms with E-state index in [1.165, 1.54) is 0 Å². The van der Waals surface area contributed by atoms with Crippen molar-refractivity contribution in [3.63, 3.8) is 0 Å². The number of carbonyl (C=O) groups is 1. The van der Waals surface area contributed by atoms with E-state index in [2.05, 4.69) is 10.3 Å². The Bertz CT molecular complexity index is 392. The summed E-state index contributed by atoms with van der Waals surface area (Å²) in [4.78, 5) is 15.3. The molecule has 0 aliphatic rings. The van der Waals surface area contributed by atoms with Crippen molar-refractivity contribution in [3.8, 4) is 0 Å². The van der Waals surface area contributed by atoms with Gasteiger partial charge < -0.3 is 5.32 Å². The maximum absolute atomic E-state index is 10.0. The molecular formula is C7H7N3OS. The molecule has 62 valence electrons. The maximum atomic E-state index is 10.0. The van der Waals surface area contributed by atoms with Gasteiger partial charge in [0.15, 0.2) is 0 Å². The number of carbonyl (C=O) groups excluding carboxylic acids is 1. The molecule has 0 aliphatic heterocycles. The molecule has 0 saturated carbocycles. The van der Waals surface area contributed by atoms with Gasteiger partial charge in [-0.2, -0.15) is 0 Å². The van der Waals surface area contributed by atoms with E-state index in [4.69, 9.17) is 0 Å². The molecule has 0 fully saturated rings. The summed E-state index contributed by atoms with van der Waals surface area (Å²) in [5.74, 6) is 0. The predicted octanol–water partition coefficient (Wildman–Crippen LogP) is 0.642. The van der Waals surface area contributed by atoms with Crippen molar-refractivity contribution in [1.29, 1.82) is 0 Å². The highest BCUT2D eigenvalue weighted by Gasteiger charge is 2.03. The molecule has 0 saturated heterocycles. The number of imidazole rings is 1. The zero-order valence-corrected chi connectivity index (χ0v) is 7.04. The average molecular weight is 181 g/mol. The number of hydrogen-bond acceptors (Lipinski definition) is 3. The molecule has 1 amide bonds. The van der Waals surface area contributed by atoms with Gasteiger partial charge in [0, 0.05) is 11.6 Å². The van der Waals surface area contributed by atoms with Crippen molar-refractivity contribution in [2.24, 2.45) is 0 Å². The lowest BCUT2D eigenvalue weighted by molar-refractivity contribution is -0.109. The SMILES string of the molecule is O=CNCc1ncn2ccsc12. The first-order valence-corrected chi connectivity index (χ1v) is 4.36. The smallest absolute Gasteiger partial charge is 0.207 e. The van der Waals surface area contributed by atoms with Crippen LogP contribution in [0.15, 0.2) is 17.9 Å². The van der Waals surface area contributed by atoms with Crippen LogP contribution < -0.4 is 5.32 Å². The summed E-state index contributed by atoms with van der Waals surface area (Å²) >= 11 is 1.62. The zero-order valence-electron chi connectivity index (χ0n) is 6.23. The largest absolute Gasteiger partial charge is 0.353 e. The number of rotatable bonds is 3. The molecule has 0 atom stereocenters. The maximum Gasteiger partial charge on any atom is 0.207 e. The number of aromatic nitrogens is 2. The first-order chi connectivity index (χ1) is 5.92. The van der Waals surface area contributed by atoms with Gasteiger partial charge in [0.2, 0.25) is 6.41 Å². The van der Waals surface area contributed by atoms with Crippen LogP contribution in [0.1, 0.15) is 5.69 Å². The van der Waals surface area contributed by atoms with Gasteiger partial charge in [0.1, 0.15) is 11.2 Å². The highest BCUT2D eigenvalue weighted by Crippen LogP contribution is 2.15. The molecule has 2 aromatic heterocycles. The minimum Gasteiger partial charge on any atom is -0.353 e. The second kappa shape index (κ2) is 2.94. The van der Waals surface area contributed by atoms with Crippen molar-refractivity contribution in [1.82, 2.24) is 14.7 Å². The minimum absolute atomic E-state index is 0.501. The molecule has 0 aliphatic carbocycles. The highest BCUT2D eigenvalue weighted by molar-refractivity contribution is 7.15. The first kappa shape index (κ1) is 7.30. The summed E-state index contributed by atoms with van der Waals surface area (Å²) in [6, 6.07) is 0. The fourth-order valence-electron chi connectivity index (χ4n) is 1.04. The predicted molar refractivity (Wildman–Crippen MR) is 46.0 cm³/mol. The molecule has 2 rings (SSSR count). The Kier molecular flexibility index (Phi) is 1.79. The van der Waals surface area contributed by atoms with Crippen LogP contribution in [0.4, 0.5) is 0 Å². The van der Waals surface area contributed by atoms with Crippen molar-refractivity contribution >= 4 is 22.6 Å². The van der Waals surface area contributed by atoms with E-state index in [9.17, 15) is 4.79 Å². The number of nitrogens with zero attached hydrogens (tertiary/aromatic N) is 2. The molecule has 0 unspecified atom stereocenters. The Balaban J connectivity index is 2.34. The average Bonchev–Trinajstić information content (AvgIpc) is 2.62. The van der Waals surface area contributed by atoms with Gasteiger partial charge in [0.05, 0.1) is 12.2 Å². The van der Waals surface area contributed by atoms with E-state index in [1.54, 1.807) is 17.7 Å². The number of nitrogens with one attached hydrogen (secondary N) is 1. The van der Waals surface area contributed by atoms with Crippen LogP contribution >= 0.6 is 11.3 Å². The minimum atomic E-state index is 0.501. The summed E-state index contributed by atoms with van der Waals surface area (Å²) in [5.41, 5.74) is 0.914. The van der Waals surface area contributed by atoms with Crippen LogP contribution in [-0.4, -0.2) is 15.8 Å². The molecule has 0 radical (unpaired) electrons. The Hall–Kier alpha value is -1.36. The lowest BCUT2D eigenvalue weighted by atomic mass is 10.5. The number of thiazole rings is 1. The van der Waals surface area contributed by atoms with Crippen molar-refractivity contribution in [2.45, 2.75) is 6.54 Å². The summed E-state index contributed by atoms with van der Waals surface area (Å²) in [5, 5.41) is 4.57. The van der Waals surface area contributed by atoms with Gasteiger partial charge in [-0.15, -0.1) is 11.3 Å². The van der Waals surface area contributed by atoms with E-state index in [-0.39, 0.29) is 0 Å². The number of hydrogen-bond donors (Lipinski definition) is 1. The van der Waals surface area contributed by atoms with Crippen molar-refractivity contribution in [2.75, 3.05) is 0 Å². The third kappa shape index (κ3) is 1.08. The van der Waals surface area contributed by atoms with Gasteiger partial charge in [-0.25, -0.2) is 4.98 Å². The van der Waals surface area contributed by atoms with Crippen LogP contribution in [0.25, 0.3) is 4.83 Å². The fourth-order valence-corrected chi connectivity index (χ4v) is 1.86. The van der Waals surface area contributed by atoms with E-state index >= 15 is 0 Å². The summed E-state index contributed by atoms with van der Waals surface area (Å²) in [7, 11) is 0. The molecule has 5 heteroatoms. The van der Waals surface area contributed by atoms with E-state index in [0.717, 1.165) is 10.5 Å². The van der Waals surface area contributed by atoms with Gasteiger partial charge in [0.25, 0.3) is 0 Å². The topological polar surface area (TPSA) is 46.4 Å². The van der Waals surface area contributed by atoms with Gasteiger partial charge in [-0.05, 0) is 0 Å². The normalized spacial score (nSPS) is 10.3. The molecule has 0 aromatic carbocycles. The quantitative estimate of drug-likeness (QED) is 0.706.